The molecule has 4 aliphatic rings. The van der Waals surface area contributed by atoms with Gasteiger partial charge in [0.15, 0.2) is 5.78 Å². The Morgan fingerprint density at radius 1 is 1.16 bits per heavy atom. The molecule has 6 nitrogen and oxygen atoms in total. The third kappa shape index (κ3) is 3.47. The first-order valence-corrected chi connectivity index (χ1v) is 12.0. The molecule has 6 atom stereocenters. The number of hydrogen-bond donors (Lipinski definition) is 0. The Kier molecular flexibility index (Phi) is 5.60. The van der Waals surface area contributed by atoms with Crippen molar-refractivity contribution in [1.29, 1.82) is 0 Å². The zero-order valence-electron chi connectivity index (χ0n) is 18.9. The molecule has 6 heteroatoms. The third-order valence-electron chi connectivity index (χ3n) is 8.65. The van der Waals surface area contributed by atoms with E-state index < -0.39 is 11.3 Å². The highest BCUT2D eigenvalue weighted by molar-refractivity contribution is 6.04. The first kappa shape index (κ1) is 21.6. The summed E-state index contributed by atoms with van der Waals surface area (Å²) in [6.45, 7) is 3.22. The molecule has 2 saturated carbocycles. The molecule has 1 aromatic carbocycles. The lowest BCUT2D eigenvalue weighted by Crippen LogP contribution is -2.43. The predicted octanol–water partition coefficient (Wildman–Crippen LogP) is 3.84. The van der Waals surface area contributed by atoms with Crippen molar-refractivity contribution in [2.45, 2.75) is 57.8 Å². The molecule has 1 saturated heterocycles. The molecule has 5 rings (SSSR count). The van der Waals surface area contributed by atoms with Gasteiger partial charge in [0.05, 0.1) is 19.6 Å². The molecule has 3 aliphatic carbocycles. The number of ketones is 1. The maximum Gasteiger partial charge on any atom is 0.316 e. The van der Waals surface area contributed by atoms with Gasteiger partial charge in [0.25, 0.3) is 0 Å². The quantitative estimate of drug-likeness (QED) is 0.404. The van der Waals surface area contributed by atoms with Crippen molar-refractivity contribution >= 4 is 17.7 Å². The van der Waals surface area contributed by atoms with Gasteiger partial charge in [0.2, 0.25) is 0 Å². The number of carbonyl (C=O) groups is 3. The second-order valence-electron chi connectivity index (χ2n) is 10.2. The Morgan fingerprint density at radius 2 is 2.00 bits per heavy atom. The van der Waals surface area contributed by atoms with Crippen LogP contribution in [0.5, 0.6) is 5.75 Å². The van der Waals surface area contributed by atoms with Gasteiger partial charge in [-0.15, -0.1) is 0 Å². The Balaban J connectivity index is 1.34. The molecule has 0 spiro atoms. The molecular weight excluding hydrogens is 408 g/mol. The van der Waals surface area contributed by atoms with Crippen molar-refractivity contribution in [2.24, 2.45) is 29.1 Å². The highest BCUT2D eigenvalue weighted by Crippen LogP contribution is 2.61. The SMILES string of the molecule is COC(=O)C1C[C@H]2[C@@H]3CCc4cc(OC(=O)C5CCCOC5)ccc4[C@H]3CC[C@]2(C)C1=O. The fraction of sp³-hybridized carbons (Fsp3) is 0.654. The van der Waals surface area contributed by atoms with Crippen molar-refractivity contribution in [1.82, 2.24) is 0 Å². The van der Waals surface area contributed by atoms with Crippen molar-refractivity contribution in [3.8, 4) is 5.75 Å². The van der Waals surface area contributed by atoms with Crippen molar-refractivity contribution < 1.29 is 28.6 Å². The lowest BCUT2D eigenvalue weighted by Gasteiger charge is -2.48. The van der Waals surface area contributed by atoms with E-state index in [4.69, 9.17) is 14.2 Å². The molecule has 2 unspecified atom stereocenters. The Hall–Kier alpha value is -2.21. The highest BCUT2D eigenvalue weighted by atomic mass is 16.5. The minimum absolute atomic E-state index is 0.0764. The van der Waals surface area contributed by atoms with E-state index in [0.29, 0.717) is 30.6 Å². The van der Waals surface area contributed by atoms with Crippen LogP contribution in [0.2, 0.25) is 0 Å². The number of methoxy groups -OCH3 is 1. The summed E-state index contributed by atoms with van der Waals surface area (Å²) in [5, 5.41) is 0. The molecule has 1 heterocycles. The summed E-state index contributed by atoms with van der Waals surface area (Å²) in [6, 6.07) is 6.05. The van der Waals surface area contributed by atoms with E-state index in [1.54, 1.807) is 0 Å². The van der Waals surface area contributed by atoms with Crippen LogP contribution in [0.3, 0.4) is 0 Å². The second kappa shape index (κ2) is 8.29. The van der Waals surface area contributed by atoms with Crippen LogP contribution in [-0.4, -0.2) is 38.0 Å². The average molecular weight is 441 g/mol. The average Bonchev–Trinajstić information content (AvgIpc) is 3.09. The number of fused-ring (bicyclic) bond motifs is 5. The van der Waals surface area contributed by atoms with E-state index in [1.807, 2.05) is 12.1 Å². The van der Waals surface area contributed by atoms with E-state index in [1.165, 1.54) is 18.2 Å². The van der Waals surface area contributed by atoms with E-state index in [-0.39, 0.29) is 29.6 Å². The van der Waals surface area contributed by atoms with Crippen LogP contribution >= 0.6 is 0 Å². The minimum Gasteiger partial charge on any atom is -0.468 e. The van der Waals surface area contributed by atoms with Crippen molar-refractivity contribution in [2.75, 3.05) is 20.3 Å². The second-order valence-corrected chi connectivity index (χ2v) is 10.2. The van der Waals surface area contributed by atoms with Gasteiger partial charge >= 0.3 is 11.9 Å². The van der Waals surface area contributed by atoms with Gasteiger partial charge in [0.1, 0.15) is 11.7 Å². The summed E-state index contributed by atoms with van der Waals surface area (Å²) >= 11 is 0. The van der Waals surface area contributed by atoms with Crippen LogP contribution in [0.15, 0.2) is 18.2 Å². The molecular formula is C26H32O6. The summed E-state index contributed by atoms with van der Waals surface area (Å²) in [7, 11) is 1.37. The first-order chi connectivity index (χ1) is 15.4. The Labute approximate surface area is 189 Å². The Morgan fingerprint density at radius 3 is 2.75 bits per heavy atom. The number of Topliss-reactive ketones (excluding diaryl/α,β-unsaturated/α-hetero) is 1. The number of benzene rings is 1. The van der Waals surface area contributed by atoms with Gasteiger partial charge in [-0.05, 0) is 86.0 Å². The summed E-state index contributed by atoms with van der Waals surface area (Å²) < 4.78 is 16.0. The fourth-order valence-corrected chi connectivity index (χ4v) is 6.91. The maximum atomic E-state index is 13.1. The summed E-state index contributed by atoms with van der Waals surface area (Å²) in [5.41, 5.74) is 2.14. The number of carbonyl (C=O) groups excluding carboxylic acids is 3. The van der Waals surface area contributed by atoms with Gasteiger partial charge in [-0.2, -0.15) is 0 Å². The van der Waals surface area contributed by atoms with E-state index in [9.17, 15) is 14.4 Å². The minimum atomic E-state index is -0.610. The van der Waals surface area contributed by atoms with Crippen molar-refractivity contribution in [3.63, 3.8) is 0 Å². The summed E-state index contributed by atoms with van der Waals surface area (Å²) in [6.07, 6.45) is 5.97. The number of esters is 2. The number of hydrogen-bond acceptors (Lipinski definition) is 6. The normalized spacial score (nSPS) is 35.9. The lowest BCUT2D eigenvalue weighted by molar-refractivity contribution is -0.150. The van der Waals surface area contributed by atoms with Crippen LogP contribution in [0.1, 0.15) is 62.5 Å². The van der Waals surface area contributed by atoms with Crippen LogP contribution in [0.25, 0.3) is 0 Å². The van der Waals surface area contributed by atoms with E-state index in [2.05, 4.69) is 13.0 Å². The van der Waals surface area contributed by atoms with Gasteiger partial charge < -0.3 is 14.2 Å². The topological polar surface area (TPSA) is 78.9 Å². The smallest absolute Gasteiger partial charge is 0.316 e. The zero-order chi connectivity index (χ0) is 22.5. The van der Waals surface area contributed by atoms with Gasteiger partial charge in [-0.3, -0.25) is 14.4 Å². The predicted molar refractivity (Wildman–Crippen MR) is 116 cm³/mol. The molecule has 0 aromatic heterocycles. The number of ether oxygens (including phenoxy) is 3. The monoisotopic (exact) mass is 440 g/mol. The molecule has 1 aromatic rings. The molecule has 0 amide bonds. The third-order valence-corrected chi connectivity index (χ3v) is 8.65. The number of aryl methyl sites for hydroxylation is 1. The molecule has 1 aliphatic heterocycles. The largest absolute Gasteiger partial charge is 0.468 e. The molecule has 172 valence electrons. The van der Waals surface area contributed by atoms with E-state index >= 15 is 0 Å². The zero-order valence-corrected chi connectivity index (χ0v) is 18.9. The van der Waals surface area contributed by atoms with Crippen LogP contribution < -0.4 is 4.74 Å². The van der Waals surface area contributed by atoms with E-state index in [0.717, 1.165) is 45.1 Å². The van der Waals surface area contributed by atoms with Crippen LogP contribution in [0.4, 0.5) is 0 Å². The fourth-order valence-electron chi connectivity index (χ4n) is 6.91. The summed E-state index contributed by atoms with van der Waals surface area (Å²) in [5.74, 6) is 0.314. The van der Waals surface area contributed by atoms with Crippen molar-refractivity contribution in [3.05, 3.63) is 29.3 Å². The molecule has 0 radical (unpaired) electrons. The highest BCUT2D eigenvalue weighted by Gasteiger charge is 2.59. The first-order valence-electron chi connectivity index (χ1n) is 12.0. The lowest BCUT2D eigenvalue weighted by atomic mass is 9.55. The molecule has 3 fully saturated rings. The van der Waals surface area contributed by atoms with Gasteiger partial charge in [-0.25, -0.2) is 0 Å². The molecule has 0 N–H and O–H groups in total. The Bertz CT molecular complexity index is 932. The maximum absolute atomic E-state index is 13.1. The standard InChI is InChI=1S/C26H32O6/c1-26-10-9-19-18-8-6-17(32-24(28)16-4-3-11-31-14-16)12-15(18)5-7-20(19)22(26)13-21(23(26)27)25(29)30-2/h6,8,12,16,19-22H,3-5,7,9-11,13-14H2,1-2H3/t16?,19-,20-,21?,22+,26+/m1/s1. The van der Waals surface area contributed by atoms with Gasteiger partial charge in [-0.1, -0.05) is 13.0 Å². The summed E-state index contributed by atoms with van der Waals surface area (Å²) in [4.78, 5) is 37.8. The van der Waals surface area contributed by atoms with Gasteiger partial charge in [0, 0.05) is 12.0 Å². The molecule has 0 bridgehead atoms. The van der Waals surface area contributed by atoms with Crippen LogP contribution in [0, 0.1) is 29.1 Å². The number of rotatable bonds is 3. The van der Waals surface area contributed by atoms with Crippen LogP contribution in [-0.2, 0) is 30.3 Å². The molecule has 32 heavy (non-hydrogen) atoms.